The molecule has 84 valence electrons. The fourth-order valence-corrected chi connectivity index (χ4v) is 2.23. The van der Waals surface area contributed by atoms with Crippen molar-refractivity contribution in [2.24, 2.45) is 11.7 Å². The largest absolute Gasteiger partial charge is 0.327 e. The lowest BCUT2D eigenvalue weighted by atomic mass is 9.80. The van der Waals surface area contributed by atoms with Crippen LogP contribution in [0.3, 0.4) is 0 Å². The van der Waals surface area contributed by atoms with E-state index in [4.69, 9.17) is 5.73 Å². The summed E-state index contributed by atoms with van der Waals surface area (Å²) in [5, 5.41) is 4.26. The second-order valence-electron chi connectivity index (χ2n) is 4.70. The summed E-state index contributed by atoms with van der Waals surface area (Å²) in [6, 6.07) is 0.324. The van der Waals surface area contributed by atoms with E-state index in [1.54, 1.807) is 0 Å². The van der Waals surface area contributed by atoms with E-state index < -0.39 is 0 Å². The molecule has 3 heteroatoms. The summed E-state index contributed by atoms with van der Waals surface area (Å²) < 4.78 is 1.96. The number of rotatable bonds is 5. The van der Waals surface area contributed by atoms with Crippen LogP contribution in [0.1, 0.15) is 38.2 Å². The molecule has 1 aromatic rings. The molecule has 15 heavy (non-hydrogen) atoms. The highest BCUT2D eigenvalue weighted by Crippen LogP contribution is 2.30. The minimum atomic E-state index is 0.324. The van der Waals surface area contributed by atoms with Crippen LogP contribution in [-0.2, 0) is 13.0 Å². The molecule has 0 radical (unpaired) electrons. The molecule has 0 spiro atoms. The number of hydrogen-bond acceptors (Lipinski definition) is 2. The third-order valence-electron chi connectivity index (χ3n) is 3.37. The Kier molecular flexibility index (Phi) is 3.41. The molecule has 2 rings (SSSR count). The number of aryl methyl sites for hydroxylation is 1. The number of hydrogen-bond donors (Lipinski definition) is 1. The third kappa shape index (κ3) is 2.81. The lowest BCUT2D eigenvalue weighted by molar-refractivity contribution is 0.275. The van der Waals surface area contributed by atoms with E-state index >= 15 is 0 Å². The Bertz CT molecular complexity index is 302. The zero-order valence-electron chi connectivity index (χ0n) is 9.52. The SMILES string of the molecule is CCn1cc(CC(N)CC2CCC2)cn1. The van der Waals surface area contributed by atoms with E-state index in [2.05, 4.69) is 18.2 Å². The van der Waals surface area contributed by atoms with Gasteiger partial charge in [0.2, 0.25) is 0 Å². The van der Waals surface area contributed by atoms with E-state index in [-0.39, 0.29) is 0 Å². The Morgan fingerprint density at radius 3 is 2.93 bits per heavy atom. The van der Waals surface area contributed by atoms with Crippen LogP contribution in [0.4, 0.5) is 0 Å². The highest BCUT2D eigenvalue weighted by Gasteiger charge is 2.20. The van der Waals surface area contributed by atoms with Crippen molar-refractivity contribution in [2.75, 3.05) is 0 Å². The van der Waals surface area contributed by atoms with E-state index in [1.807, 2.05) is 10.9 Å². The molecule has 1 fully saturated rings. The molecule has 1 heterocycles. The van der Waals surface area contributed by atoms with Gasteiger partial charge in [0.15, 0.2) is 0 Å². The first-order valence-electron chi connectivity index (χ1n) is 6.05. The van der Waals surface area contributed by atoms with Gasteiger partial charge in [-0.05, 0) is 31.2 Å². The highest BCUT2D eigenvalue weighted by atomic mass is 15.3. The number of aromatic nitrogens is 2. The first-order chi connectivity index (χ1) is 7.28. The Hall–Kier alpha value is -0.830. The smallest absolute Gasteiger partial charge is 0.0522 e. The van der Waals surface area contributed by atoms with E-state index in [1.165, 1.54) is 31.2 Å². The lowest BCUT2D eigenvalue weighted by Gasteiger charge is -2.27. The second kappa shape index (κ2) is 4.79. The topological polar surface area (TPSA) is 43.8 Å². The molecule has 3 nitrogen and oxygen atoms in total. The number of nitrogens with two attached hydrogens (primary N) is 1. The van der Waals surface area contributed by atoms with Gasteiger partial charge >= 0.3 is 0 Å². The minimum Gasteiger partial charge on any atom is -0.327 e. The Labute approximate surface area is 91.7 Å². The molecular weight excluding hydrogens is 186 g/mol. The van der Waals surface area contributed by atoms with Crippen LogP contribution in [0.5, 0.6) is 0 Å². The highest BCUT2D eigenvalue weighted by molar-refractivity contribution is 5.06. The van der Waals surface area contributed by atoms with Gasteiger partial charge in [-0.1, -0.05) is 19.3 Å². The molecular formula is C12H21N3. The van der Waals surface area contributed by atoms with Crippen molar-refractivity contribution >= 4 is 0 Å². The predicted octanol–water partition coefficient (Wildman–Crippen LogP) is 1.96. The Balaban J connectivity index is 1.79. The van der Waals surface area contributed by atoms with Gasteiger partial charge in [-0.25, -0.2) is 0 Å². The molecule has 1 aliphatic rings. The molecule has 1 unspecified atom stereocenters. The van der Waals surface area contributed by atoms with Crippen LogP contribution in [0.2, 0.25) is 0 Å². The van der Waals surface area contributed by atoms with Gasteiger partial charge in [0.1, 0.15) is 0 Å². The van der Waals surface area contributed by atoms with Crippen LogP contribution >= 0.6 is 0 Å². The fraction of sp³-hybridized carbons (Fsp3) is 0.750. The van der Waals surface area contributed by atoms with E-state index in [0.29, 0.717) is 6.04 Å². The summed E-state index contributed by atoms with van der Waals surface area (Å²) in [6.07, 6.45) is 10.4. The second-order valence-corrected chi connectivity index (χ2v) is 4.70. The molecule has 0 bridgehead atoms. The number of nitrogens with zero attached hydrogens (tertiary/aromatic N) is 2. The summed E-state index contributed by atoms with van der Waals surface area (Å²) in [5.74, 6) is 0.904. The summed E-state index contributed by atoms with van der Waals surface area (Å²) >= 11 is 0. The van der Waals surface area contributed by atoms with Crippen LogP contribution in [0, 0.1) is 5.92 Å². The van der Waals surface area contributed by atoms with Crippen molar-refractivity contribution in [3.05, 3.63) is 18.0 Å². The van der Waals surface area contributed by atoms with Crippen molar-refractivity contribution in [2.45, 2.75) is 51.6 Å². The standard InChI is InChI=1S/C12H21N3/c1-2-15-9-11(8-14-15)7-12(13)6-10-4-3-5-10/h8-10,12H,2-7,13H2,1H3. The van der Waals surface area contributed by atoms with Crippen LogP contribution in [-0.4, -0.2) is 15.8 Å². The molecule has 1 aromatic heterocycles. The monoisotopic (exact) mass is 207 g/mol. The van der Waals surface area contributed by atoms with Gasteiger partial charge in [-0.2, -0.15) is 5.10 Å². The zero-order chi connectivity index (χ0) is 10.7. The molecule has 0 saturated heterocycles. The van der Waals surface area contributed by atoms with Gasteiger partial charge in [0, 0.05) is 18.8 Å². The molecule has 0 amide bonds. The Morgan fingerprint density at radius 2 is 2.40 bits per heavy atom. The quantitative estimate of drug-likeness (QED) is 0.802. The van der Waals surface area contributed by atoms with Crippen molar-refractivity contribution in [1.29, 1.82) is 0 Å². The van der Waals surface area contributed by atoms with Gasteiger partial charge in [-0.15, -0.1) is 0 Å². The summed E-state index contributed by atoms with van der Waals surface area (Å²) in [6.45, 7) is 3.04. The minimum absolute atomic E-state index is 0.324. The molecule has 0 aromatic carbocycles. The van der Waals surface area contributed by atoms with E-state index in [9.17, 15) is 0 Å². The molecule has 1 saturated carbocycles. The summed E-state index contributed by atoms with van der Waals surface area (Å²) in [5.41, 5.74) is 7.41. The van der Waals surface area contributed by atoms with Crippen LogP contribution in [0.15, 0.2) is 12.4 Å². The first-order valence-corrected chi connectivity index (χ1v) is 6.05. The molecule has 1 atom stereocenters. The average Bonchev–Trinajstić information content (AvgIpc) is 2.59. The normalized spacial score (nSPS) is 18.8. The average molecular weight is 207 g/mol. The van der Waals surface area contributed by atoms with Gasteiger partial charge < -0.3 is 5.73 Å². The van der Waals surface area contributed by atoms with Gasteiger partial charge in [0.25, 0.3) is 0 Å². The molecule has 1 aliphatic carbocycles. The maximum absolute atomic E-state index is 6.13. The van der Waals surface area contributed by atoms with Gasteiger partial charge in [0.05, 0.1) is 6.20 Å². The summed E-state index contributed by atoms with van der Waals surface area (Å²) in [4.78, 5) is 0. The van der Waals surface area contributed by atoms with Crippen molar-refractivity contribution in [3.63, 3.8) is 0 Å². The predicted molar refractivity (Wildman–Crippen MR) is 61.5 cm³/mol. The lowest BCUT2D eigenvalue weighted by Crippen LogP contribution is -2.28. The maximum Gasteiger partial charge on any atom is 0.0522 e. The van der Waals surface area contributed by atoms with Crippen molar-refractivity contribution < 1.29 is 0 Å². The summed E-state index contributed by atoms with van der Waals surface area (Å²) in [7, 11) is 0. The molecule has 2 N–H and O–H groups in total. The van der Waals surface area contributed by atoms with Crippen LogP contribution < -0.4 is 5.73 Å². The third-order valence-corrected chi connectivity index (χ3v) is 3.37. The first kappa shape index (κ1) is 10.7. The van der Waals surface area contributed by atoms with Crippen molar-refractivity contribution in [3.8, 4) is 0 Å². The Morgan fingerprint density at radius 1 is 1.60 bits per heavy atom. The zero-order valence-corrected chi connectivity index (χ0v) is 9.52. The van der Waals surface area contributed by atoms with Crippen molar-refractivity contribution in [1.82, 2.24) is 9.78 Å². The van der Waals surface area contributed by atoms with Crippen LogP contribution in [0.25, 0.3) is 0 Å². The van der Waals surface area contributed by atoms with E-state index in [0.717, 1.165) is 18.9 Å². The fourth-order valence-electron chi connectivity index (χ4n) is 2.23. The maximum atomic E-state index is 6.13. The van der Waals surface area contributed by atoms with Gasteiger partial charge in [-0.3, -0.25) is 4.68 Å². The molecule has 0 aliphatic heterocycles.